The van der Waals surface area contributed by atoms with Crippen LogP contribution in [0.3, 0.4) is 0 Å². The fraction of sp³-hybridized carbons (Fsp3) is 0. The highest BCUT2D eigenvalue weighted by Crippen LogP contribution is 2.35. The molecule has 0 saturated heterocycles. The van der Waals surface area contributed by atoms with E-state index in [1.807, 2.05) is 24.3 Å². The van der Waals surface area contributed by atoms with Crippen molar-refractivity contribution in [1.82, 2.24) is 20.2 Å². The Labute approximate surface area is 138 Å². The number of anilines is 1. The van der Waals surface area contributed by atoms with Crippen LogP contribution in [0.2, 0.25) is 10.0 Å². The van der Waals surface area contributed by atoms with Crippen LogP contribution >= 0.6 is 39.1 Å². The average molecular weight is 385 g/mol. The van der Waals surface area contributed by atoms with E-state index in [-0.39, 0.29) is 0 Å². The van der Waals surface area contributed by atoms with E-state index in [0.717, 1.165) is 10.2 Å². The number of nitrogens with two attached hydrogens (primary N) is 1. The number of rotatable bonds is 2. The quantitative estimate of drug-likeness (QED) is 0.678. The Hall–Kier alpha value is -1.63. The van der Waals surface area contributed by atoms with Gasteiger partial charge in [0.15, 0.2) is 5.82 Å². The molecule has 0 amide bonds. The lowest BCUT2D eigenvalue weighted by molar-refractivity contribution is 0.791. The first-order valence-electron chi connectivity index (χ1n) is 5.85. The summed E-state index contributed by atoms with van der Waals surface area (Å²) >= 11 is 15.7. The summed E-state index contributed by atoms with van der Waals surface area (Å²) in [5.41, 5.74) is 7.68. The molecule has 5 nitrogen and oxygen atoms in total. The van der Waals surface area contributed by atoms with Crippen molar-refractivity contribution < 1.29 is 0 Å². The standard InChI is InChI=1S/C13H8BrCl2N5/c14-7-1-3-9(4-2-7)21-13(18-19-20-21)10-5-8(17)6-11(15)12(10)16/h1-6H,17H2. The molecule has 0 atom stereocenters. The van der Waals surface area contributed by atoms with Gasteiger partial charge in [-0.05, 0) is 46.8 Å². The van der Waals surface area contributed by atoms with Gasteiger partial charge in [-0.3, -0.25) is 0 Å². The Morgan fingerprint density at radius 2 is 1.81 bits per heavy atom. The molecule has 0 saturated carbocycles. The molecule has 21 heavy (non-hydrogen) atoms. The first-order chi connectivity index (χ1) is 10.1. The van der Waals surface area contributed by atoms with Crippen LogP contribution in [0.15, 0.2) is 40.9 Å². The molecular weight excluding hydrogens is 377 g/mol. The second-order valence-electron chi connectivity index (χ2n) is 4.25. The van der Waals surface area contributed by atoms with E-state index in [4.69, 9.17) is 28.9 Å². The molecule has 106 valence electrons. The highest BCUT2D eigenvalue weighted by molar-refractivity contribution is 9.10. The molecule has 0 spiro atoms. The second kappa shape index (κ2) is 5.63. The third kappa shape index (κ3) is 2.74. The summed E-state index contributed by atoms with van der Waals surface area (Å²) in [4.78, 5) is 0. The topological polar surface area (TPSA) is 69.6 Å². The third-order valence-corrected chi connectivity index (χ3v) is 4.16. The number of tetrazole rings is 1. The van der Waals surface area contributed by atoms with E-state index >= 15 is 0 Å². The fourth-order valence-electron chi connectivity index (χ4n) is 1.88. The fourth-order valence-corrected chi connectivity index (χ4v) is 2.57. The molecule has 1 heterocycles. The minimum atomic E-state index is 0.358. The maximum Gasteiger partial charge on any atom is 0.188 e. The normalized spacial score (nSPS) is 10.8. The van der Waals surface area contributed by atoms with Gasteiger partial charge < -0.3 is 5.73 Å². The maximum absolute atomic E-state index is 6.24. The molecule has 0 radical (unpaired) electrons. The SMILES string of the molecule is Nc1cc(Cl)c(Cl)c(-c2nnnn2-c2ccc(Br)cc2)c1. The molecule has 3 rings (SSSR count). The van der Waals surface area contributed by atoms with Gasteiger partial charge in [-0.15, -0.1) is 5.10 Å². The molecule has 1 aromatic heterocycles. The first kappa shape index (κ1) is 14.3. The predicted molar refractivity (Wildman–Crippen MR) is 86.7 cm³/mol. The van der Waals surface area contributed by atoms with Gasteiger partial charge in [-0.2, -0.15) is 4.68 Å². The number of halogens is 3. The first-order valence-corrected chi connectivity index (χ1v) is 7.40. The van der Waals surface area contributed by atoms with Crippen molar-refractivity contribution in [3.63, 3.8) is 0 Å². The molecule has 0 unspecified atom stereocenters. The molecule has 0 aliphatic rings. The molecule has 2 N–H and O–H groups in total. The number of benzene rings is 2. The summed E-state index contributed by atoms with van der Waals surface area (Å²) in [6.07, 6.45) is 0. The summed E-state index contributed by atoms with van der Waals surface area (Å²) in [6.45, 7) is 0. The Morgan fingerprint density at radius 1 is 1.10 bits per heavy atom. The van der Waals surface area contributed by atoms with Gasteiger partial charge in [0.25, 0.3) is 0 Å². The van der Waals surface area contributed by atoms with Gasteiger partial charge in [0.2, 0.25) is 0 Å². The van der Waals surface area contributed by atoms with E-state index < -0.39 is 0 Å². The Kier molecular flexibility index (Phi) is 3.84. The van der Waals surface area contributed by atoms with E-state index in [2.05, 4.69) is 31.5 Å². The van der Waals surface area contributed by atoms with E-state index in [0.29, 0.717) is 27.1 Å². The molecular formula is C13H8BrCl2N5. The van der Waals surface area contributed by atoms with E-state index in [1.54, 1.807) is 16.8 Å². The summed E-state index contributed by atoms with van der Waals surface area (Å²) in [6, 6.07) is 10.8. The number of hydrogen-bond donors (Lipinski definition) is 1. The highest BCUT2D eigenvalue weighted by Gasteiger charge is 2.16. The van der Waals surface area contributed by atoms with Crippen molar-refractivity contribution in [3.05, 3.63) is 50.9 Å². The van der Waals surface area contributed by atoms with Crippen molar-refractivity contribution in [1.29, 1.82) is 0 Å². The van der Waals surface area contributed by atoms with Gasteiger partial charge in [0.05, 0.1) is 15.7 Å². The smallest absolute Gasteiger partial charge is 0.188 e. The van der Waals surface area contributed by atoms with Crippen LogP contribution in [0.5, 0.6) is 0 Å². The van der Waals surface area contributed by atoms with Crippen molar-refractivity contribution in [2.75, 3.05) is 5.73 Å². The van der Waals surface area contributed by atoms with Gasteiger partial charge >= 0.3 is 0 Å². The van der Waals surface area contributed by atoms with E-state index in [9.17, 15) is 0 Å². The Bertz CT molecular complexity index is 801. The summed E-state index contributed by atoms with van der Waals surface area (Å²) in [5.74, 6) is 0.469. The van der Waals surface area contributed by atoms with Crippen LogP contribution in [0.1, 0.15) is 0 Å². The average Bonchev–Trinajstić information content (AvgIpc) is 2.93. The predicted octanol–water partition coefficient (Wildman–Crippen LogP) is 3.98. The van der Waals surface area contributed by atoms with Gasteiger partial charge in [-0.1, -0.05) is 39.1 Å². The molecule has 0 aliphatic carbocycles. The molecule has 2 aromatic carbocycles. The second-order valence-corrected chi connectivity index (χ2v) is 5.96. The molecule has 8 heteroatoms. The zero-order valence-electron chi connectivity index (χ0n) is 10.5. The zero-order valence-corrected chi connectivity index (χ0v) is 13.6. The maximum atomic E-state index is 6.24. The number of nitrogens with zero attached hydrogens (tertiary/aromatic N) is 4. The molecule has 0 fully saturated rings. The van der Waals surface area contributed by atoms with Gasteiger partial charge in [-0.25, -0.2) is 0 Å². The van der Waals surface area contributed by atoms with Gasteiger partial charge in [0.1, 0.15) is 0 Å². The minimum absolute atomic E-state index is 0.358. The summed E-state index contributed by atoms with van der Waals surface area (Å²) in [5, 5.41) is 12.4. The summed E-state index contributed by atoms with van der Waals surface area (Å²) in [7, 11) is 0. The lowest BCUT2D eigenvalue weighted by Gasteiger charge is -2.08. The molecule has 0 bridgehead atoms. The van der Waals surface area contributed by atoms with Crippen molar-refractivity contribution >= 4 is 44.8 Å². The Morgan fingerprint density at radius 3 is 2.52 bits per heavy atom. The van der Waals surface area contributed by atoms with Crippen LogP contribution < -0.4 is 5.73 Å². The molecule has 3 aromatic rings. The summed E-state index contributed by atoms with van der Waals surface area (Å²) < 4.78 is 2.54. The van der Waals surface area contributed by atoms with Crippen molar-refractivity contribution in [2.24, 2.45) is 0 Å². The number of aromatic nitrogens is 4. The Balaban J connectivity index is 2.18. The lowest BCUT2D eigenvalue weighted by Crippen LogP contribution is -2.00. The van der Waals surface area contributed by atoms with Gasteiger partial charge in [0, 0.05) is 15.7 Å². The minimum Gasteiger partial charge on any atom is -0.399 e. The lowest BCUT2D eigenvalue weighted by atomic mass is 10.2. The van der Waals surface area contributed by atoms with Crippen LogP contribution in [0, 0.1) is 0 Å². The largest absolute Gasteiger partial charge is 0.399 e. The van der Waals surface area contributed by atoms with Crippen LogP contribution in [0.25, 0.3) is 17.1 Å². The highest BCUT2D eigenvalue weighted by atomic mass is 79.9. The van der Waals surface area contributed by atoms with E-state index in [1.165, 1.54) is 0 Å². The van der Waals surface area contributed by atoms with Crippen molar-refractivity contribution in [2.45, 2.75) is 0 Å². The monoisotopic (exact) mass is 383 g/mol. The van der Waals surface area contributed by atoms with Crippen LogP contribution in [-0.4, -0.2) is 20.2 Å². The molecule has 0 aliphatic heterocycles. The number of hydrogen-bond acceptors (Lipinski definition) is 4. The third-order valence-electron chi connectivity index (χ3n) is 2.83. The number of nitrogen functional groups attached to an aromatic ring is 1. The zero-order chi connectivity index (χ0) is 15.0. The van der Waals surface area contributed by atoms with Crippen molar-refractivity contribution in [3.8, 4) is 17.1 Å². The van der Waals surface area contributed by atoms with Crippen LogP contribution in [-0.2, 0) is 0 Å². The van der Waals surface area contributed by atoms with Crippen LogP contribution in [0.4, 0.5) is 5.69 Å².